The Hall–Kier alpha value is -1.55. The number of nitrogens with one attached hydrogen (secondary N) is 1. The molecule has 1 unspecified atom stereocenters. The van der Waals surface area contributed by atoms with Crippen LogP contribution in [-0.4, -0.2) is 23.5 Å². The summed E-state index contributed by atoms with van der Waals surface area (Å²) in [6.07, 6.45) is 1.56. The van der Waals surface area contributed by atoms with Gasteiger partial charge in [-0.1, -0.05) is 24.6 Å². The van der Waals surface area contributed by atoms with Crippen LogP contribution < -0.4 is 5.32 Å². The van der Waals surface area contributed by atoms with Crippen LogP contribution in [0.25, 0.3) is 0 Å². The highest BCUT2D eigenvalue weighted by atomic mass is 35.5. The average Bonchev–Trinajstić information content (AvgIpc) is 2.39. The van der Waals surface area contributed by atoms with Gasteiger partial charge in [-0.05, 0) is 43.4 Å². The van der Waals surface area contributed by atoms with Crippen LogP contribution in [-0.2, 0) is 4.79 Å². The van der Waals surface area contributed by atoms with Gasteiger partial charge in [0.2, 0.25) is 0 Å². The number of amides is 1. The van der Waals surface area contributed by atoms with Crippen LogP contribution in [0, 0.1) is 12.8 Å². The fourth-order valence-corrected chi connectivity index (χ4v) is 1.96. The second-order valence-corrected chi connectivity index (χ2v) is 5.45. The monoisotopic (exact) mass is 297 g/mol. The number of carboxylic acids is 1. The Morgan fingerprint density at radius 1 is 1.35 bits per heavy atom. The number of aryl methyl sites for hydroxylation is 1. The molecule has 0 aromatic heterocycles. The van der Waals surface area contributed by atoms with E-state index in [1.807, 2.05) is 19.9 Å². The molecule has 0 saturated heterocycles. The summed E-state index contributed by atoms with van der Waals surface area (Å²) in [7, 11) is 0. The van der Waals surface area contributed by atoms with E-state index in [4.69, 9.17) is 16.7 Å². The minimum atomic E-state index is -0.782. The zero-order valence-electron chi connectivity index (χ0n) is 11.8. The molecule has 110 valence electrons. The van der Waals surface area contributed by atoms with Gasteiger partial charge in [0.1, 0.15) is 0 Å². The third-order valence-electron chi connectivity index (χ3n) is 3.21. The van der Waals surface area contributed by atoms with Crippen LogP contribution in [0.3, 0.4) is 0 Å². The van der Waals surface area contributed by atoms with Crippen molar-refractivity contribution in [3.63, 3.8) is 0 Å². The molecule has 0 heterocycles. The molecule has 4 nitrogen and oxygen atoms in total. The maximum absolute atomic E-state index is 11.9. The van der Waals surface area contributed by atoms with Crippen LogP contribution >= 0.6 is 11.6 Å². The maximum Gasteiger partial charge on any atom is 0.303 e. The molecule has 5 heteroatoms. The van der Waals surface area contributed by atoms with Crippen molar-refractivity contribution < 1.29 is 14.7 Å². The smallest absolute Gasteiger partial charge is 0.303 e. The molecule has 0 fully saturated rings. The van der Waals surface area contributed by atoms with Gasteiger partial charge < -0.3 is 10.4 Å². The lowest BCUT2D eigenvalue weighted by Crippen LogP contribution is -2.25. The Bertz CT molecular complexity index is 488. The molecule has 0 aliphatic heterocycles. The summed E-state index contributed by atoms with van der Waals surface area (Å²) < 4.78 is 0. The van der Waals surface area contributed by atoms with Crippen molar-refractivity contribution in [2.24, 2.45) is 5.92 Å². The molecular weight excluding hydrogens is 278 g/mol. The standard InChI is InChI=1S/C15H20ClNO3/c1-10(3-6-14(18)19)7-8-17-15(20)12-5-4-11(2)13(16)9-12/h4-5,9-10H,3,6-8H2,1-2H3,(H,17,20)(H,18,19). The maximum atomic E-state index is 11.9. The number of carbonyl (C=O) groups excluding carboxylic acids is 1. The predicted octanol–water partition coefficient (Wildman–Crippen LogP) is 3.27. The third-order valence-corrected chi connectivity index (χ3v) is 3.61. The molecule has 1 aromatic carbocycles. The van der Waals surface area contributed by atoms with Gasteiger partial charge in [0.25, 0.3) is 5.91 Å². The Morgan fingerprint density at radius 2 is 2.05 bits per heavy atom. The highest BCUT2D eigenvalue weighted by molar-refractivity contribution is 6.31. The molecular formula is C15H20ClNO3. The van der Waals surface area contributed by atoms with E-state index in [1.54, 1.807) is 12.1 Å². The quantitative estimate of drug-likeness (QED) is 0.811. The Labute approximate surface area is 124 Å². The molecule has 0 saturated carbocycles. The molecule has 20 heavy (non-hydrogen) atoms. The number of benzene rings is 1. The Kier molecular flexibility index (Phi) is 6.52. The lowest BCUT2D eigenvalue weighted by atomic mass is 10.0. The number of rotatable bonds is 7. The first-order valence-electron chi connectivity index (χ1n) is 6.66. The van der Waals surface area contributed by atoms with Crippen LogP contribution in [0.5, 0.6) is 0 Å². The SMILES string of the molecule is Cc1ccc(C(=O)NCCC(C)CCC(=O)O)cc1Cl. The van der Waals surface area contributed by atoms with Gasteiger partial charge in [-0.25, -0.2) is 0 Å². The molecule has 1 amide bonds. The summed E-state index contributed by atoms with van der Waals surface area (Å²) in [6.45, 7) is 4.40. The van der Waals surface area contributed by atoms with Gasteiger partial charge in [0, 0.05) is 23.6 Å². The zero-order chi connectivity index (χ0) is 15.1. The van der Waals surface area contributed by atoms with Gasteiger partial charge in [-0.15, -0.1) is 0 Å². The van der Waals surface area contributed by atoms with Gasteiger partial charge in [-0.3, -0.25) is 9.59 Å². The summed E-state index contributed by atoms with van der Waals surface area (Å²) in [5.74, 6) is -0.666. The molecule has 1 aromatic rings. The van der Waals surface area contributed by atoms with Gasteiger partial charge >= 0.3 is 5.97 Å². The number of halogens is 1. The molecule has 1 atom stereocenters. The first kappa shape index (κ1) is 16.5. The Balaban J connectivity index is 2.36. The fraction of sp³-hybridized carbons (Fsp3) is 0.467. The van der Waals surface area contributed by atoms with Crippen molar-refractivity contribution in [1.29, 1.82) is 0 Å². The van der Waals surface area contributed by atoms with E-state index >= 15 is 0 Å². The molecule has 0 spiro atoms. The molecule has 1 rings (SSSR count). The first-order chi connectivity index (χ1) is 9.40. The fourth-order valence-electron chi connectivity index (χ4n) is 1.78. The van der Waals surface area contributed by atoms with E-state index in [2.05, 4.69) is 5.32 Å². The first-order valence-corrected chi connectivity index (χ1v) is 7.04. The second-order valence-electron chi connectivity index (χ2n) is 5.05. The summed E-state index contributed by atoms with van der Waals surface area (Å²) in [6, 6.07) is 5.21. The lowest BCUT2D eigenvalue weighted by Gasteiger charge is -2.11. The topological polar surface area (TPSA) is 66.4 Å². The molecule has 0 aliphatic carbocycles. The Morgan fingerprint density at radius 3 is 2.65 bits per heavy atom. The van der Waals surface area contributed by atoms with Gasteiger partial charge in [0.05, 0.1) is 0 Å². The van der Waals surface area contributed by atoms with Crippen LogP contribution in [0.15, 0.2) is 18.2 Å². The predicted molar refractivity (Wildman–Crippen MR) is 79.2 cm³/mol. The van der Waals surface area contributed by atoms with E-state index < -0.39 is 5.97 Å². The number of carbonyl (C=O) groups is 2. The van der Waals surface area contributed by atoms with Crippen LogP contribution in [0.2, 0.25) is 5.02 Å². The number of hydrogen-bond donors (Lipinski definition) is 2. The van der Waals surface area contributed by atoms with E-state index in [1.165, 1.54) is 0 Å². The number of hydrogen-bond acceptors (Lipinski definition) is 2. The summed E-state index contributed by atoms with van der Waals surface area (Å²) in [4.78, 5) is 22.3. The largest absolute Gasteiger partial charge is 0.481 e. The molecule has 0 bridgehead atoms. The van der Waals surface area contributed by atoms with Crippen molar-refractivity contribution in [3.05, 3.63) is 34.3 Å². The molecule has 0 radical (unpaired) electrons. The highest BCUT2D eigenvalue weighted by Crippen LogP contribution is 2.16. The zero-order valence-corrected chi connectivity index (χ0v) is 12.5. The van der Waals surface area contributed by atoms with Crippen molar-refractivity contribution in [2.75, 3.05) is 6.54 Å². The van der Waals surface area contributed by atoms with E-state index in [0.29, 0.717) is 23.6 Å². The van der Waals surface area contributed by atoms with Crippen molar-refractivity contribution in [2.45, 2.75) is 33.1 Å². The van der Waals surface area contributed by atoms with Crippen molar-refractivity contribution >= 4 is 23.5 Å². The van der Waals surface area contributed by atoms with Gasteiger partial charge in [-0.2, -0.15) is 0 Å². The summed E-state index contributed by atoms with van der Waals surface area (Å²) >= 11 is 5.98. The lowest BCUT2D eigenvalue weighted by molar-refractivity contribution is -0.137. The molecule has 2 N–H and O–H groups in total. The van der Waals surface area contributed by atoms with E-state index in [-0.39, 0.29) is 18.2 Å². The average molecular weight is 298 g/mol. The third kappa shape index (κ3) is 5.61. The molecule has 0 aliphatic rings. The normalized spacial score (nSPS) is 11.9. The minimum Gasteiger partial charge on any atom is -0.481 e. The van der Waals surface area contributed by atoms with Crippen molar-refractivity contribution in [3.8, 4) is 0 Å². The highest BCUT2D eigenvalue weighted by Gasteiger charge is 2.09. The summed E-state index contributed by atoms with van der Waals surface area (Å²) in [5.41, 5.74) is 1.48. The van der Waals surface area contributed by atoms with Gasteiger partial charge in [0.15, 0.2) is 0 Å². The number of aliphatic carboxylic acids is 1. The van der Waals surface area contributed by atoms with E-state index in [0.717, 1.165) is 12.0 Å². The van der Waals surface area contributed by atoms with Crippen LogP contribution in [0.1, 0.15) is 42.1 Å². The van der Waals surface area contributed by atoms with Crippen LogP contribution in [0.4, 0.5) is 0 Å². The second kappa shape index (κ2) is 7.90. The van der Waals surface area contributed by atoms with Crippen molar-refractivity contribution in [1.82, 2.24) is 5.32 Å². The summed E-state index contributed by atoms with van der Waals surface area (Å²) in [5, 5.41) is 12.0. The van der Waals surface area contributed by atoms with E-state index in [9.17, 15) is 9.59 Å². The number of carboxylic acid groups (broad SMARTS) is 1. The minimum absolute atomic E-state index is 0.155.